The summed E-state index contributed by atoms with van der Waals surface area (Å²) in [4.78, 5) is 18.4. The number of benzene rings is 1. The molecule has 4 aromatic rings. The van der Waals surface area contributed by atoms with Crippen LogP contribution in [-0.2, 0) is 13.7 Å². The van der Waals surface area contributed by atoms with Crippen molar-refractivity contribution in [3.63, 3.8) is 0 Å². The van der Waals surface area contributed by atoms with Gasteiger partial charge in [0.25, 0.3) is 5.56 Å². The number of halogens is 1. The normalized spacial score (nSPS) is 10.6. The van der Waals surface area contributed by atoms with Crippen molar-refractivity contribution in [2.45, 2.75) is 34.3 Å². The van der Waals surface area contributed by atoms with Crippen LogP contribution < -0.4 is 15.0 Å². The fraction of sp³-hybridized carbons (Fsp3) is 0.276. The van der Waals surface area contributed by atoms with Crippen LogP contribution in [0.25, 0.3) is 22.0 Å². The lowest BCUT2D eigenvalue weighted by atomic mass is 10.2. The van der Waals surface area contributed by atoms with Gasteiger partial charge < -0.3 is 9.47 Å². The molecule has 0 unspecified atom stereocenters. The van der Waals surface area contributed by atoms with E-state index in [1.54, 1.807) is 37.2 Å². The number of aromatic nitrogens is 4. The van der Waals surface area contributed by atoms with E-state index in [9.17, 15) is 4.79 Å². The van der Waals surface area contributed by atoms with Crippen molar-refractivity contribution < 1.29 is 9.47 Å². The molecule has 0 bridgehead atoms. The minimum absolute atomic E-state index is 0.111. The van der Waals surface area contributed by atoms with E-state index in [1.165, 1.54) is 15.9 Å². The molecule has 0 atom stereocenters. The number of allylic oxidation sites excluding steroid dienone is 3. The number of ether oxygens (including phenoxy) is 2. The van der Waals surface area contributed by atoms with Crippen molar-refractivity contribution in [3.05, 3.63) is 81.5 Å². The number of methoxy groups -OCH3 is 1. The van der Waals surface area contributed by atoms with Crippen LogP contribution in [0.4, 0.5) is 0 Å². The van der Waals surface area contributed by atoms with Crippen molar-refractivity contribution in [2.75, 3.05) is 13.0 Å². The molecule has 0 radical (unpaired) electrons. The molecule has 1 aromatic carbocycles. The molecule has 0 N–H and O–H groups in total. The first-order valence-corrected chi connectivity index (χ1v) is 13.2. The van der Waals surface area contributed by atoms with E-state index in [4.69, 9.17) is 21.1 Å². The lowest BCUT2D eigenvalue weighted by Crippen LogP contribution is -2.17. The first kappa shape index (κ1) is 30.4. The third-order valence-corrected chi connectivity index (χ3v) is 6.33. The number of aryl methyl sites for hydroxylation is 2. The fourth-order valence-electron chi connectivity index (χ4n) is 3.23. The number of nitrogens with zero attached hydrogens (tertiary/aromatic N) is 4. The summed E-state index contributed by atoms with van der Waals surface area (Å²) in [5, 5.41) is 4.40. The van der Waals surface area contributed by atoms with Crippen LogP contribution in [0.2, 0.25) is 0 Å². The zero-order valence-corrected chi connectivity index (χ0v) is 24.1. The Morgan fingerprint density at radius 2 is 1.92 bits per heavy atom. The third kappa shape index (κ3) is 8.10. The van der Waals surface area contributed by atoms with E-state index < -0.39 is 0 Å². The lowest BCUT2D eigenvalue weighted by Gasteiger charge is -2.12. The van der Waals surface area contributed by atoms with Gasteiger partial charge in [-0.05, 0) is 58.0 Å². The predicted octanol–water partition coefficient (Wildman–Crippen LogP) is 6.55. The van der Waals surface area contributed by atoms with Gasteiger partial charge in [0.1, 0.15) is 23.3 Å². The monoisotopic (exact) mass is 552 g/mol. The number of rotatable bonds is 7. The van der Waals surface area contributed by atoms with Crippen LogP contribution >= 0.6 is 22.9 Å². The molecule has 0 aliphatic heterocycles. The largest absolute Gasteiger partial charge is 0.493 e. The van der Waals surface area contributed by atoms with E-state index in [1.807, 2.05) is 70.3 Å². The Bertz CT molecular complexity index is 1470. The average molecular weight is 553 g/mol. The summed E-state index contributed by atoms with van der Waals surface area (Å²) in [6, 6.07) is 9.28. The maximum absolute atomic E-state index is 13.0. The second-order valence-electron chi connectivity index (χ2n) is 7.82. The minimum atomic E-state index is -0.111. The summed E-state index contributed by atoms with van der Waals surface area (Å²) < 4.78 is 15.3. The van der Waals surface area contributed by atoms with Gasteiger partial charge in [0.2, 0.25) is 0 Å². The molecule has 3 heterocycles. The van der Waals surface area contributed by atoms with Gasteiger partial charge in [0.05, 0.1) is 18.3 Å². The molecular weight excluding hydrogens is 520 g/mol. The number of thiophene rings is 1. The molecule has 7 nitrogen and oxygen atoms in total. The topological polar surface area (TPSA) is 71.2 Å². The summed E-state index contributed by atoms with van der Waals surface area (Å²) in [6.07, 6.45) is 13.9. The molecule has 38 heavy (non-hydrogen) atoms. The summed E-state index contributed by atoms with van der Waals surface area (Å²) in [7, 11) is 3.47. The van der Waals surface area contributed by atoms with Crippen LogP contribution in [0.5, 0.6) is 11.5 Å². The second-order valence-corrected chi connectivity index (χ2v) is 9.21. The summed E-state index contributed by atoms with van der Waals surface area (Å²) in [6.45, 7) is 7.86. The highest BCUT2D eigenvalue weighted by Gasteiger charge is 2.13. The van der Waals surface area contributed by atoms with Gasteiger partial charge in [-0.15, -0.1) is 35.3 Å². The van der Waals surface area contributed by atoms with Crippen molar-refractivity contribution >= 4 is 39.2 Å². The third-order valence-electron chi connectivity index (χ3n) is 5.08. The summed E-state index contributed by atoms with van der Waals surface area (Å²) in [5.41, 5.74) is 3.14. The average Bonchev–Trinajstić information content (AvgIpc) is 3.47. The number of terminal acetylenes is 1. The summed E-state index contributed by atoms with van der Waals surface area (Å²) in [5.74, 6) is 4.00. The minimum Gasteiger partial charge on any atom is -0.493 e. The van der Waals surface area contributed by atoms with Gasteiger partial charge in [0.15, 0.2) is 11.5 Å². The Labute approximate surface area is 233 Å². The molecule has 0 saturated heterocycles. The Morgan fingerprint density at radius 1 is 1.18 bits per heavy atom. The van der Waals surface area contributed by atoms with E-state index in [-0.39, 0.29) is 5.56 Å². The van der Waals surface area contributed by atoms with Crippen LogP contribution in [0.1, 0.15) is 37.0 Å². The Kier molecular flexibility index (Phi) is 12.4. The molecule has 3 aromatic heterocycles. The van der Waals surface area contributed by atoms with E-state index in [2.05, 4.69) is 22.4 Å². The molecule has 4 rings (SSSR count). The quantitative estimate of drug-likeness (QED) is 0.148. The smallest absolute Gasteiger partial charge is 0.275 e. The molecular formula is C29H33ClN4O3S. The van der Waals surface area contributed by atoms with Crippen molar-refractivity contribution in [1.82, 2.24) is 19.3 Å². The zero-order valence-electron chi connectivity index (χ0n) is 22.6. The molecule has 0 spiro atoms. The van der Waals surface area contributed by atoms with Crippen LogP contribution in [0, 0.1) is 19.3 Å². The maximum Gasteiger partial charge on any atom is 0.275 e. The number of hydrogen-bond donors (Lipinski definition) is 0. The van der Waals surface area contributed by atoms with Crippen LogP contribution in [0.15, 0.2) is 59.7 Å². The van der Waals surface area contributed by atoms with Crippen molar-refractivity contribution in [2.24, 2.45) is 7.05 Å². The lowest BCUT2D eigenvalue weighted by molar-refractivity contribution is 0.279. The summed E-state index contributed by atoms with van der Waals surface area (Å²) >= 11 is 6.65. The highest BCUT2D eigenvalue weighted by Crippen LogP contribution is 2.30. The van der Waals surface area contributed by atoms with Gasteiger partial charge in [-0.3, -0.25) is 14.0 Å². The highest BCUT2D eigenvalue weighted by atomic mass is 35.5. The van der Waals surface area contributed by atoms with Crippen LogP contribution in [-0.4, -0.2) is 32.3 Å². The maximum atomic E-state index is 13.0. The zero-order chi connectivity index (χ0) is 28.1. The molecule has 0 aliphatic carbocycles. The predicted molar refractivity (Wildman–Crippen MR) is 159 cm³/mol. The van der Waals surface area contributed by atoms with Gasteiger partial charge in [-0.2, -0.15) is 5.10 Å². The second kappa shape index (κ2) is 15.5. The van der Waals surface area contributed by atoms with Crippen LogP contribution in [0.3, 0.4) is 0 Å². The molecule has 0 fully saturated rings. The molecule has 9 heteroatoms. The van der Waals surface area contributed by atoms with Crippen molar-refractivity contribution in [3.8, 4) is 29.5 Å². The number of fused-ring (bicyclic) bond motifs is 1. The number of hydrogen-bond acceptors (Lipinski definition) is 6. The first-order chi connectivity index (χ1) is 18.3. The SMILES string of the molecule is C#CC.C/C=C/c1cc2ncn(-c3ccc(OCc4cc(C)n(C)n4)c(OC)c3)c(=O)c2s1.C/C=C\CCl. The fourth-order valence-corrected chi connectivity index (χ4v) is 4.42. The molecule has 0 amide bonds. The Morgan fingerprint density at radius 3 is 2.47 bits per heavy atom. The Balaban J connectivity index is 0.000000559. The standard InChI is InChI=1S/C22H22N4O3S.C4H7Cl.C3H4/c1-5-6-17-11-18-21(30-17)22(27)26(13-23-18)16-7-8-19(20(10-16)28-4)29-12-15-9-14(2)25(3)24-15;1-2-3-4-5;1-3-2/h5-11,13H,12H2,1-4H3;2-3H,4H2,1H3;1H,2H3/b6-5+;3-2-;. The van der Waals surface area contributed by atoms with E-state index in [0.29, 0.717) is 39.9 Å². The van der Waals surface area contributed by atoms with Gasteiger partial charge >= 0.3 is 0 Å². The molecule has 0 aliphatic rings. The Hall–Kier alpha value is -3.80. The van der Waals surface area contributed by atoms with E-state index >= 15 is 0 Å². The molecule has 0 saturated carbocycles. The number of alkyl halides is 1. The van der Waals surface area contributed by atoms with Gasteiger partial charge in [0, 0.05) is 29.6 Å². The molecule has 200 valence electrons. The highest BCUT2D eigenvalue weighted by molar-refractivity contribution is 7.19. The van der Waals surface area contributed by atoms with Gasteiger partial charge in [-0.25, -0.2) is 4.98 Å². The van der Waals surface area contributed by atoms with Crippen molar-refractivity contribution in [1.29, 1.82) is 0 Å². The first-order valence-electron chi connectivity index (χ1n) is 11.8. The van der Waals surface area contributed by atoms with Gasteiger partial charge in [-0.1, -0.05) is 18.2 Å². The van der Waals surface area contributed by atoms with E-state index in [0.717, 1.165) is 16.3 Å².